The van der Waals surface area contributed by atoms with Crippen molar-refractivity contribution in [2.24, 2.45) is 0 Å². The number of rotatable bonds is 2. The van der Waals surface area contributed by atoms with Crippen molar-refractivity contribution >= 4 is 66.6 Å². The molecule has 4 aromatic carbocycles. The number of nitrogens with zero attached hydrogens (tertiary/aromatic N) is 4. The zero-order valence-corrected chi connectivity index (χ0v) is 21.3. The third kappa shape index (κ3) is 3.22. The first kappa shape index (κ1) is 16.8. The SMILES string of the molecule is [2H]C([2H])([2H])N1C=CN(c2[c-]c3c(cc2)oc2ccc4oc5ccc(N6[CH-]N(C([2H])([2H])[2H])c7ccccc76)[c-]c5c4c23)[CH-]1.[Pt+4]. The van der Waals surface area contributed by atoms with Crippen LogP contribution in [0.2, 0.25) is 0 Å². The van der Waals surface area contributed by atoms with Crippen molar-refractivity contribution in [2.45, 2.75) is 0 Å². The van der Waals surface area contributed by atoms with Crippen LogP contribution in [0, 0.1) is 25.5 Å². The van der Waals surface area contributed by atoms with E-state index in [0.29, 0.717) is 44.8 Å². The zero-order valence-electron chi connectivity index (χ0n) is 25.0. The Labute approximate surface area is 236 Å². The van der Waals surface area contributed by atoms with E-state index in [-0.39, 0.29) is 21.1 Å². The minimum atomic E-state index is -2.35. The molecule has 0 amide bonds. The molecule has 2 aliphatic heterocycles. The fraction of sp³-hybridized carbons (Fsp3) is 0.0667. The van der Waals surface area contributed by atoms with E-state index in [0.717, 1.165) is 26.7 Å². The third-order valence-electron chi connectivity index (χ3n) is 6.66. The maximum Gasteiger partial charge on any atom is 4.00 e. The quantitative estimate of drug-likeness (QED) is 0.183. The number of benzene rings is 4. The van der Waals surface area contributed by atoms with E-state index in [9.17, 15) is 0 Å². The minimum absolute atomic E-state index is 0. The molecule has 6 aromatic rings. The van der Waals surface area contributed by atoms with Crippen molar-refractivity contribution in [3.63, 3.8) is 0 Å². The molecule has 0 fully saturated rings. The molecule has 2 aliphatic rings. The van der Waals surface area contributed by atoms with Crippen molar-refractivity contribution in [1.29, 1.82) is 0 Å². The average molecular weight is 670 g/mol. The molecular formula is C30H20N4O2Pt. The summed E-state index contributed by atoms with van der Waals surface area (Å²) >= 11 is 0. The van der Waals surface area contributed by atoms with Gasteiger partial charge in [-0.3, -0.25) is 0 Å². The van der Waals surface area contributed by atoms with Gasteiger partial charge >= 0.3 is 21.1 Å². The van der Waals surface area contributed by atoms with Crippen LogP contribution < -0.4 is 14.7 Å². The van der Waals surface area contributed by atoms with Crippen LogP contribution in [-0.4, -0.2) is 18.9 Å². The summed E-state index contributed by atoms with van der Waals surface area (Å²) < 4.78 is 59.5. The summed E-state index contributed by atoms with van der Waals surface area (Å²) in [6.07, 6.45) is 3.17. The number of anilines is 4. The van der Waals surface area contributed by atoms with Crippen LogP contribution in [0.5, 0.6) is 0 Å². The summed E-state index contributed by atoms with van der Waals surface area (Å²) in [5.41, 5.74) is 5.14. The Balaban J connectivity index is 0.00000300. The topological polar surface area (TPSA) is 39.2 Å². The molecule has 6 nitrogen and oxygen atoms in total. The van der Waals surface area contributed by atoms with E-state index in [1.54, 1.807) is 23.8 Å². The van der Waals surface area contributed by atoms with Gasteiger partial charge in [-0.2, -0.15) is 13.3 Å². The molecule has 0 aliphatic carbocycles. The van der Waals surface area contributed by atoms with Gasteiger partial charge in [-0.1, -0.05) is 34.3 Å². The van der Waals surface area contributed by atoms with Crippen molar-refractivity contribution in [1.82, 2.24) is 4.90 Å². The van der Waals surface area contributed by atoms with Gasteiger partial charge in [0.25, 0.3) is 0 Å². The van der Waals surface area contributed by atoms with Gasteiger partial charge in [0.2, 0.25) is 0 Å². The Bertz CT molecular complexity index is 2080. The molecule has 0 atom stereocenters. The first-order valence-corrected chi connectivity index (χ1v) is 11.4. The van der Waals surface area contributed by atoms with Crippen LogP contribution in [-0.2, 0) is 21.1 Å². The van der Waals surface area contributed by atoms with Gasteiger partial charge in [-0.05, 0) is 50.6 Å². The maximum atomic E-state index is 8.02. The largest absolute Gasteiger partial charge is 4.00 e. The molecule has 0 saturated heterocycles. The molecule has 8 rings (SSSR count). The Hall–Kier alpha value is -3.89. The fourth-order valence-corrected chi connectivity index (χ4v) is 5.04. The average Bonchev–Trinajstić information content (AvgIpc) is 3.73. The standard InChI is InChI=1S/C30H20N4O2.Pt/c1-31-13-14-33(17-31)19-7-9-25-21(15-19)29-27(35-25)11-12-28-30(29)22-16-20(8-10-26(22)36-28)34-18-32(2)23-5-3-4-6-24(23)34;/h3-14,17-18H,1-2H3;/q-4;+4/i1D3,2D3;. The summed E-state index contributed by atoms with van der Waals surface area (Å²) in [5, 5.41) is 3.02. The van der Waals surface area contributed by atoms with Crippen LogP contribution in [0.1, 0.15) is 8.22 Å². The van der Waals surface area contributed by atoms with E-state index in [2.05, 4.69) is 12.1 Å². The Morgan fingerprint density at radius 1 is 0.703 bits per heavy atom. The molecule has 0 N–H and O–H groups in total. The van der Waals surface area contributed by atoms with Crippen molar-refractivity contribution < 1.29 is 38.1 Å². The molecule has 0 spiro atoms. The smallest absolute Gasteiger partial charge is 0.511 e. The molecular weight excluding hydrogens is 643 g/mol. The summed E-state index contributed by atoms with van der Waals surface area (Å²) in [6.45, 7) is -1.57. The molecule has 0 saturated carbocycles. The van der Waals surface area contributed by atoms with Gasteiger partial charge in [0.05, 0.1) is 11.2 Å². The number of para-hydroxylation sites is 2. The van der Waals surface area contributed by atoms with Crippen molar-refractivity contribution in [3.8, 4) is 0 Å². The molecule has 37 heavy (non-hydrogen) atoms. The zero-order chi connectivity index (χ0) is 29.0. The van der Waals surface area contributed by atoms with E-state index in [1.165, 1.54) is 17.8 Å². The van der Waals surface area contributed by atoms with Gasteiger partial charge in [0, 0.05) is 30.8 Å². The number of fused-ring (bicyclic) bond motifs is 8. The van der Waals surface area contributed by atoms with Crippen LogP contribution in [0.25, 0.3) is 43.9 Å². The molecule has 4 heterocycles. The third-order valence-corrected chi connectivity index (χ3v) is 6.66. The van der Waals surface area contributed by atoms with Gasteiger partial charge < -0.3 is 28.4 Å². The van der Waals surface area contributed by atoms with Crippen LogP contribution in [0.15, 0.2) is 81.9 Å². The first-order chi connectivity index (χ1) is 20.1. The molecule has 0 unspecified atom stereocenters. The Morgan fingerprint density at radius 3 is 2.03 bits per heavy atom. The normalized spacial score (nSPS) is 18.2. The van der Waals surface area contributed by atoms with Crippen molar-refractivity contribution in [2.75, 3.05) is 28.7 Å². The van der Waals surface area contributed by atoms with Crippen molar-refractivity contribution in [3.05, 3.63) is 98.5 Å². The Kier molecular flexibility index (Phi) is 3.65. The first-order valence-electron chi connectivity index (χ1n) is 14.4. The van der Waals surface area contributed by atoms with Crippen LogP contribution in [0.3, 0.4) is 0 Å². The fourth-order valence-electron chi connectivity index (χ4n) is 5.04. The van der Waals surface area contributed by atoms with Gasteiger partial charge in [-0.15, -0.1) is 47.2 Å². The molecule has 2 aromatic heterocycles. The van der Waals surface area contributed by atoms with E-state index < -0.39 is 14.0 Å². The van der Waals surface area contributed by atoms with Gasteiger partial charge in [0.1, 0.15) is 0 Å². The second-order valence-electron chi connectivity index (χ2n) is 8.75. The summed E-state index contributed by atoms with van der Waals surface area (Å²) in [5.74, 6) is 0. The molecule has 0 radical (unpaired) electrons. The van der Waals surface area contributed by atoms with Gasteiger partial charge in [-0.25, -0.2) is 0 Å². The number of furan rings is 2. The predicted molar refractivity (Wildman–Crippen MR) is 144 cm³/mol. The van der Waals surface area contributed by atoms with Gasteiger partial charge in [0.15, 0.2) is 0 Å². The predicted octanol–water partition coefficient (Wildman–Crippen LogP) is 7.13. The van der Waals surface area contributed by atoms with Crippen LogP contribution in [0.4, 0.5) is 22.7 Å². The number of hydrogen-bond donors (Lipinski definition) is 0. The maximum absolute atomic E-state index is 8.02. The molecule has 182 valence electrons. The van der Waals surface area contributed by atoms with Crippen LogP contribution >= 0.6 is 0 Å². The van der Waals surface area contributed by atoms with E-state index >= 15 is 0 Å². The summed E-state index contributed by atoms with van der Waals surface area (Å²) in [4.78, 5) is 5.95. The molecule has 7 heteroatoms. The summed E-state index contributed by atoms with van der Waals surface area (Å²) in [7, 11) is 0. The second kappa shape index (κ2) is 8.06. The minimum Gasteiger partial charge on any atom is -0.511 e. The summed E-state index contributed by atoms with van der Waals surface area (Å²) in [6, 6.07) is 25.3. The number of hydrogen-bond acceptors (Lipinski definition) is 6. The second-order valence-corrected chi connectivity index (χ2v) is 8.75. The molecule has 0 bridgehead atoms. The monoisotopic (exact) mass is 669 g/mol. The van der Waals surface area contributed by atoms with E-state index in [4.69, 9.17) is 17.1 Å². The Morgan fingerprint density at radius 2 is 1.35 bits per heavy atom. The van der Waals surface area contributed by atoms with E-state index in [1.807, 2.05) is 59.5 Å².